The van der Waals surface area contributed by atoms with Gasteiger partial charge < -0.3 is 10.4 Å². The number of hydrogen-bond acceptors (Lipinski definition) is 6. The number of hydrogen-bond donors (Lipinski definition) is 2. The minimum atomic E-state index is -0.0262. The Bertz CT molecular complexity index is 1100. The summed E-state index contributed by atoms with van der Waals surface area (Å²) in [7, 11) is 0. The lowest BCUT2D eigenvalue weighted by atomic mass is 10.1. The van der Waals surface area contributed by atoms with Crippen LogP contribution in [0.2, 0.25) is 4.34 Å². The molecule has 0 spiro atoms. The van der Waals surface area contributed by atoms with Crippen LogP contribution in [-0.4, -0.2) is 20.9 Å². The molecule has 1 aliphatic carbocycles. The number of carbonyl (C=O) groups excluding carboxylic acids is 1. The van der Waals surface area contributed by atoms with Crippen LogP contribution in [0.3, 0.4) is 0 Å². The summed E-state index contributed by atoms with van der Waals surface area (Å²) in [5.41, 5.74) is 3.78. The summed E-state index contributed by atoms with van der Waals surface area (Å²) in [6.07, 6.45) is 6.86. The van der Waals surface area contributed by atoms with Gasteiger partial charge in [-0.25, -0.2) is 9.97 Å². The van der Waals surface area contributed by atoms with Gasteiger partial charge in [0.15, 0.2) is 11.6 Å². The highest BCUT2D eigenvalue weighted by Crippen LogP contribution is 2.31. The number of nitrogens with zero attached hydrogens (tertiary/aromatic N) is 2. The molecular formula is C23H24ClN3O2S. The molecule has 30 heavy (non-hydrogen) atoms. The summed E-state index contributed by atoms with van der Waals surface area (Å²) >= 11 is 7.51. The third kappa shape index (κ3) is 4.71. The topological polar surface area (TPSA) is 75.1 Å². The first kappa shape index (κ1) is 22.0. The van der Waals surface area contributed by atoms with Crippen LogP contribution in [0.25, 0.3) is 10.7 Å². The van der Waals surface area contributed by atoms with Crippen molar-refractivity contribution in [1.82, 2.24) is 9.97 Å². The van der Waals surface area contributed by atoms with Crippen LogP contribution < -0.4 is 5.32 Å². The first-order chi connectivity index (χ1) is 14.3. The molecule has 2 heterocycles. The molecular weight excluding hydrogens is 418 g/mol. The van der Waals surface area contributed by atoms with E-state index < -0.39 is 0 Å². The minimum absolute atomic E-state index is 0.0262. The van der Waals surface area contributed by atoms with Crippen molar-refractivity contribution < 1.29 is 9.90 Å². The second-order valence-corrected chi connectivity index (χ2v) is 8.68. The maximum absolute atomic E-state index is 12.0. The van der Waals surface area contributed by atoms with Crippen molar-refractivity contribution in [1.29, 1.82) is 0 Å². The molecule has 156 valence electrons. The van der Waals surface area contributed by atoms with E-state index in [0.29, 0.717) is 34.4 Å². The van der Waals surface area contributed by atoms with Crippen LogP contribution >= 0.6 is 22.9 Å². The number of nitrogens with one attached hydrogen (secondary N) is 1. The molecule has 0 saturated heterocycles. The highest BCUT2D eigenvalue weighted by molar-refractivity contribution is 7.19. The fraction of sp³-hybridized carbons (Fsp3) is 0.261. The Kier molecular flexibility index (Phi) is 6.90. The number of aliphatic hydroxyl groups is 1. The molecule has 0 atom stereocenters. The predicted molar refractivity (Wildman–Crippen MR) is 124 cm³/mol. The van der Waals surface area contributed by atoms with E-state index in [0.717, 1.165) is 33.8 Å². The number of ketones is 1. The Hall–Kier alpha value is -2.70. The van der Waals surface area contributed by atoms with Crippen LogP contribution in [0.4, 0.5) is 5.82 Å². The zero-order valence-electron chi connectivity index (χ0n) is 17.3. The SMILES string of the molecule is C=C/C(=C\C=C(/C)C1=C(O)CCC1=O)Nc1nc(-c2ccc(Cl)s2)nc(C)c1CC. The number of aromatic nitrogens is 2. The molecule has 0 fully saturated rings. The normalized spacial score (nSPS) is 15.1. The van der Waals surface area contributed by atoms with Gasteiger partial charge in [0.05, 0.1) is 14.8 Å². The first-order valence-electron chi connectivity index (χ1n) is 9.71. The number of thiophene rings is 1. The standard InChI is InChI=1S/C23H24ClN3O2S/c1-5-15(8-7-13(3)21-17(28)9-10-18(21)29)26-22-16(6-2)14(4)25-23(27-22)19-11-12-20(24)30-19/h5,7-8,11-12,28H,1,6,9-10H2,2-4H3,(H,25,26,27)/b13-7+,15-8+. The first-order valence-corrected chi connectivity index (χ1v) is 10.9. The molecule has 0 unspecified atom stereocenters. The van der Waals surface area contributed by atoms with Crippen molar-refractivity contribution in [3.63, 3.8) is 0 Å². The average Bonchev–Trinajstić information content (AvgIpc) is 3.29. The van der Waals surface area contributed by atoms with Gasteiger partial charge in [0, 0.05) is 29.8 Å². The van der Waals surface area contributed by atoms with E-state index in [1.165, 1.54) is 11.3 Å². The largest absolute Gasteiger partial charge is 0.512 e. The van der Waals surface area contributed by atoms with E-state index in [4.69, 9.17) is 16.6 Å². The summed E-state index contributed by atoms with van der Waals surface area (Å²) in [6.45, 7) is 9.72. The molecule has 0 radical (unpaired) electrons. The van der Waals surface area contributed by atoms with Crippen molar-refractivity contribution in [2.24, 2.45) is 0 Å². The molecule has 0 bridgehead atoms. The van der Waals surface area contributed by atoms with Gasteiger partial charge in [-0.3, -0.25) is 4.79 Å². The number of aliphatic hydroxyl groups excluding tert-OH is 1. The van der Waals surface area contributed by atoms with E-state index in [-0.39, 0.29) is 11.5 Å². The zero-order chi connectivity index (χ0) is 21.8. The van der Waals surface area contributed by atoms with Crippen LogP contribution in [0.1, 0.15) is 37.9 Å². The molecule has 2 aromatic rings. The second kappa shape index (κ2) is 9.41. The number of Topliss-reactive ketones (excluding diaryl/α,β-unsaturated/α-hetero) is 1. The number of anilines is 1. The number of carbonyl (C=O) groups is 1. The summed E-state index contributed by atoms with van der Waals surface area (Å²) in [6, 6.07) is 3.74. The molecule has 0 saturated carbocycles. The molecule has 2 aromatic heterocycles. The Morgan fingerprint density at radius 2 is 2.10 bits per heavy atom. The molecule has 2 N–H and O–H groups in total. The van der Waals surface area contributed by atoms with Gasteiger partial charge in [-0.2, -0.15) is 0 Å². The fourth-order valence-corrected chi connectivity index (χ4v) is 4.33. The van der Waals surface area contributed by atoms with Crippen molar-refractivity contribution in [3.8, 4) is 10.7 Å². The highest BCUT2D eigenvalue weighted by Gasteiger charge is 2.23. The smallest absolute Gasteiger partial charge is 0.171 e. The van der Waals surface area contributed by atoms with Gasteiger partial charge in [-0.05, 0) is 50.1 Å². The number of halogens is 1. The lowest BCUT2D eigenvalue weighted by molar-refractivity contribution is -0.114. The monoisotopic (exact) mass is 441 g/mol. The van der Waals surface area contributed by atoms with Crippen LogP contribution in [0.15, 0.2) is 59.5 Å². The Labute approximate surface area is 185 Å². The fourth-order valence-electron chi connectivity index (χ4n) is 3.35. The zero-order valence-corrected chi connectivity index (χ0v) is 18.8. The van der Waals surface area contributed by atoms with Gasteiger partial charge in [0.25, 0.3) is 0 Å². The number of rotatable bonds is 7. The quantitative estimate of drug-likeness (QED) is 0.491. The molecule has 1 aliphatic rings. The Morgan fingerprint density at radius 3 is 2.67 bits per heavy atom. The maximum Gasteiger partial charge on any atom is 0.171 e. The number of aryl methyl sites for hydroxylation is 1. The molecule has 0 aliphatic heterocycles. The molecule has 3 rings (SSSR count). The van der Waals surface area contributed by atoms with Crippen molar-refractivity contribution >= 4 is 34.5 Å². The molecule has 0 aromatic carbocycles. The minimum Gasteiger partial charge on any atom is -0.512 e. The van der Waals surface area contributed by atoms with E-state index >= 15 is 0 Å². The predicted octanol–water partition coefficient (Wildman–Crippen LogP) is 6.33. The van der Waals surface area contributed by atoms with Gasteiger partial charge in [-0.15, -0.1) is 11.3 Å². The van der Waals surface area contributed by atoms with Gasteiger partial charge in [-0.1, -0.05) is 31.2 Å². The van der Waals surface area contributed by atoms with Gasteiger partial charge in [0.2, 0.25) is 0 Å². The van der Waals surface area contributed by atoms with Gasteiger partial charge in [0.1, 0.15) is 11.6 Å². The van der Waals surface area contributed by atoms with E-state index in [1.807, 2.05) is 32.1 Å². The molecule has 7 heteroatoms. The number of allylic oxidation sites excluding steroid dienone is 6. The van der Waals surface area contributed by atoms with E-state index in [2.05, 4.69) is 23.8 Å². The van der Waals surface area contributed by atoms with Crippen LogP contribution in [-0.2, 0) is 11.2 Å². The molecule has 0 amide bonds. The summed E-state index contributed by atoms with van der Waals surface area (Å²) in [5, 5.41) is 13.3. The Balaban J connectivity index is 1.94. The Morgan fingerprint density at radius 1 is 1.33 bits per heavy atom. The molecule has 5 nitrogen and oxygen atoms in total. The van der Waals surface area contributed by atoms with Crippen molar-refractivity contribution in [3.05, 3.63) is 75.1 Å². The maximum atomic E-state index is 12.0. The van der Waals surface area contributed by atoms with E-state index in [9.17, 15) is 9.90 Å². The highest BCUT2D eigenvalue weighted by atomic mass is 35.5. The lowest BCUT2D eigenvalue weighted by Crippen LogP contribution is -2.07. The van der Waals surface area contributed by atoms with E-state index in [1.54, 1.807) is 12.2 Å². The average molecular weight is 442 g/mol. The van der Waals surface area contributed by atoms with Crippen LogP contribution in [0.5, 0.6) is 0 Å². The lowest BCUT2D eigenvalue weighted by Gasteiger charge is -2.14. The van der Waals surface area contributed by atoms with Crippen molar-refractivity contribution in [2.75, 3.05) is 5.32 Å². The van der Waals surface area contributed by atoms with Crippen LogP contribution in [0, 0.1) is 6.92 Å². The van der Waals surface area contributed by atoms with Crippen molar-refractivity contribution in [2.45, 2.75) is 40.0 Å². The summed E-state index contributed by atoms with van der Waals surface area (Å²) in [4.78, 5) is 22.2. The summed E-state index contributed by atoms with van der Waals surface area (Å²) < 4.78 is 0.687. The summed E-state index contributed by atoms with van der Waals surface area (Å²) in [5.74, 6) is 1.46. The second-order valence-electron chi connectivity index (χ2n) is 6.96. The third-order valence-corrected chi connectivity index (χ3v) is 6.13. The van der Waals surface area contributed by atoms with Gasteiger partial charge >= 0.3 is 0 Å². The third-order valence-electron chi connectivity index (χ3n) is 4.91.